The Kier molecular flexibility index (Phi) is 2.32. The molecule has 0 spiro atoms. The molecule has 0 saturated carbocycles. The van der Waals surface area contributed by atoms with Crippen LogP contribution < -0.4 is 0 Å². The maximum absolute atomic E-state index is 10.4. The van der Waals surface area contributed by atoms with Crippen molar-refractivity contribution >= 4 is 0 Å². The van der Waals surface area contributed by atoms with Crippen LogP contribution in [0.15, 0.2) is 36.7 Å². The van der Waals surface area contributed by atoms with Crippen LogP contribution >= 0.6 is 0 Å². The van der Waals surface area contributed by atoms with Crippen molar-refractivity contribution in [2.45, 2.75) is 19.4 Å². The van der Waals surface area contributed by atoms with E-state index in [1.54, 1.807) is 19.3 Å². The summed E-state index contributed by atoms with van der Waals surface area (Å²) in [5, 5.41) is 10.4. The van der Waals surface area contributed by atoms with Gasteiger partial charge in [-0.15, -0.1) is 0 Å². The number of hydrogen-bond acceptors (Lipinski definition) is 2. The Balaban J connectivity index is 2.51. The average molecular weight is 202 g/mol. The lowest BCUT2D eigenvalue weighted by Crippen LogP contribution is -2.25. The number of aromatic amines is 1. The Hall–Kier alpha value is -1.61. The van der Waals surface area contributed by atoms with Crippen molar-refractivity contribution in [1.82, 2.24) is 9.97 Å². The zero-order valence-corrected chi connectivity index (χ0v) is 8.86. The number of nitrogens with one attached hydrogen (secondary N) is 1. The number of aromatic nitrogens is 2. The molecule has 2 aromatic rings. The molecule has 1 aromatic heterocycles. The summed E-state index contributed by atoms with van der Waals surface area (Å²) < 4.78 is 0. The maximum Gasteiger partial charge on any atom is 0.144 e. The quantitative estimate of drug-likeness (QED) is 0.782. The molecule has 3 nitrogen and oxygen atoms in total. The van der Waals surface area contributed by atoms with Gasteiger partial charge in [-0.25, -0.2) is 4.98 Å². The van der Waals surface area contributed by atoms with E-state index >= 15 is 0 Å². The molecule has 1 atom stereocenters. The summed E-state index contributed by atoms with van der Waals surface area (Å²) in [7, 11) is 0. The molecule has 0 aliphatic rings. The molecule has 1 heterocycles. The number of aryl methyl sites for hydroxylation is 1. The van der Waals surface area contributed by atoms with Gasteiger partial charge in [0.1, 0.15) is 11.4 Å². The number of rotatable bonds is 2. The minimum absolute atomic E-state index is 0.566. The lowest BCUT2D eigenvalue weighted by atomic mass is 9.91. The lowest BCUT2D eigenvalue weighted by Gasteiger charge is -2.23. The van der Waals surface area contributed by atoms with Crippen LogP contribution in [0.4, 0.5) is 0 Å². The predicted molar refractivity (Wildman–Crippen MR) is 58.4 cm³/mol. The topological polar surface area (TPSA) is 48.9 Å². The number of nitrogens with zero attached hydrogens (tertiary/aromatic N) is 1. The molecular formula is C12H14N2O. The molecule has 0 radical (unpaired) electrons. The second-order valence-electron chi connectivity index (χ2n) is 3.82. The SMILES string of the molecule is Cc1ccccc1[C@@](C)(O)c1ncc[nH]1. The van der Waals surface area contributed by atoms with Crippen molar-refractivity contribution < 1.29 is 5.11 Å². The first-order valence-electron chi connectivity index (χ1n) is 4.90. The van der Waals surface area contributed by atoms with Crippen molar-refractivity contribution in [1.29, 1.82) is 0 Å². The standard InChI is InChI=1S/C12H14N2O/c1-9-5-3-4-6-10(9)12(2,15)11-13-7-8-14-11/h3-8,15H,1-2H3,(H,13,14)/t12-/m1/s1. The molecule has 2 rings (SSSR count). The molecule has 0 aliphatic carbocycles. The van der Waals surface area contributed by atoms with Crippen LogP contribution in [-0.4, -0.2) is 15.1 Å². The highest BCUT2D eigenvalue weighted by molar-refractivity contribution is 5.35. The molecule has 78 valence electrons. The van der Waals surface area contributed by atoms with Gasteiger partial charge in [0.15, 0.2) is 0 Å². The van der Waals surface area contributed by atoms with E-state index in [4.69, 9.17) is 0 Å². The van der Waals surface area contributed by atoms with Crippen LogP contribution in [0.3, 0.4) is 0 Å². The third-order valence-electron chi connectivity index (χ3n) is 2.63. The molecule has 0 bridgehead atoms. The van der Waals surface area contributed by atoms with Crippen LogP contribution in [-0.2, 0) is 5.60 Å². The molecule has 3 heteroatoms. The Bertz CT molecular complexity index is 446. The third kappa shape index (κ3) is 1.66. The summed E-state index contributed by atoms with van der Waals surface area (Å²) in [6.07, 6.45) is 3.35. The summed E-state index contributed by atoms with van der Waals surface area (Å²) in [5.74, 6) is 0.566. The first kappa shape index (κ1) is 9.93. The van der Waals surface area contributed by atoms with Gasteiger partial charge in [0.05, 0.1) is 0 Å². The molecule has 15 heavy (non-hydrogen) atoms. The van der Waals surface area contributed by atoms with Crippen LogP contribution in [0.1, 0.15) is 23.9 Å². The highest BCUT2D eigenvalue weighted by Crippen LogP contribution is 2.28. The van der Waals surface area contributed by atoms with Gasteiger partial charge in [-0.2, -0.15) is 0 Å². The fourth-order valence-electron chi connectivity index (χ4n) is 1.78. The Morgan fingerprint density at radius 2 is 2.07 bits per heavy atom. The summed E-state index contributed by atoms with van der Waals surface area (Å²) in [6, 6.07) is 7.77. The molecular weight excluding hydrogens is 188 g/mol. The normalized spacial score (nSPS) is 14.9. The summed E-state index contributed by atoms with van der Waals surface area (Å²) in [4.78, 5) is 7.04. The Morgan fingerprint density at radius 3 is 2.67 bits per heavy atom. The van der Waals surface area contributed by atoms with E-state index in [1.807, 2.05) is 31.2 Å². The number of benzene rings is 1. The monoisotopic (exact) mass is 202 g/mol. The Labute approximate surface area is 88.8 Å². The van der Waals surface area contributed by atoms with Gasteiger partial charge >= 0.3 is 0 Å². The van der Waals surface area contributed by atoms with E-state index in [0.29, 0.717) is 5.82 Å². The number of imidazole rings is 1. The van der Waals surface area contributed by atoms with Gasteiger partial charge < -0.3 is 10.1 Å². The molecule has 0 fully saturated rings. The minimum atomic E-state index is -1.06. The van der Waals surface area contributed by atoms with Crippen molar-refractivity contribution in [2.75, 3.05) is 0 Å². The van der Waals surface area contributed by atoms with Gasteiger partial charge in [0.2, 0.25) is 0 Å². The van der Waals surface area contributed by atoms with Crippen LogP contribution in [0.2, 0.25) is 0 Å². The van der Waals surface area contributed by atoms with Crippen molar-refractivity contribution in [3.8, 4) is 0 Å². The van der Waals surface area contributed by atoms with Crippen molar-refractivity contribution in [3.05, 3.63) is 53.6 Å². The van der Waals surface area contributed by atoms with E-state index in [9.17, 15) is 5.11 Å². The molecule has 0 amide bonds. The molecule has 0 saturated heterocycles. The van der Waals surface area contributed by atoms with Gasteiger partial charge in [-0.05, 0) is 25.0 Å². The third-order valence-corrected chi connectivity index (χ3v) is 2.63. The maximum atomic E-state index is 10.4. The van der Waals surface area contributed by atoms with Gasteiger partial charge in [0.25, 0.3) is 0 Å². The fraction of sp³-hybridized carbons (Fsp3) is 0.250. The Morgan fingerprint density at radius 1 is 1.33 bits per heavy atom. The van der Waals surface area contributed by atoms with Gasteiger partial charge in [-0.3, -0.25) is 0 Å². The van der Waals surface area contributed by atoms with Crippen LogP contribution in [0.25, 0.3) is 0 Å². The molecule has 2 N–H and O–H groups in total. The zero-order valence-electron chi connectivity index (χ0n) is 8.86. The number of aliphatic hydroxyl groups is 1. The number of hydrogen-bond donors (Lipinski definition) is 2. The molecule has 0 unspecified atom stereocenters. The van der Waals surface area contributed by atoms with Gasteiger partial charge in [0, 0.05) is 12.4 Å². The van der Waals surface area contributed by atoms with Crippen LogP contribution in [0, 0.1) is 6.92 Å². The van der Waals surface area contributed by atoms with Crippen LogP contribution in [0.5, 0.6) is 0 Å². The largest absolute Gasteiger partial charge is 0.377 e. The van der Waals surface area contributed by atoms with E-state index in [2.05, 4.69) is 9.97 Å². The van der Waals surface area contributed by atoms with Crippen molar-refractivity contribution in [2.24, 2.45) is 0 Å². The highest BCUT2D eigenvalue weighted by atomic mass is 16.3. The zero-order chi connectivity index (χ0) is 10.9. The fourth-order valence-corrected chi connectivity index (χ4v) is 1.78. The molecule has 0 aliphatic heterocycles. The average Bonchev–Trinajstić information content (AvgIpc) is 2.71. The first-order valence-corrected chi connectivity index (χ1v) is 4.90. The summed E-state index contributed by atoms with van der Waals surface area (Å²) in [6.45, 7) is 3.72. The van der Waals surface area contributed by atoms with E-state index < -0.39 is 5.60 Å². The first-order chi connectivity index (χ1) is 7.12. The summed E-state index contributed by atoms with van der Waals surface area (Å²) >= 11 is 0. The minimum Gasteiger partial charge on any atom is -0.377 e. The lowest BCUT2D eigenvalue weighted by molar-refractivity contribution is 0.0925. The van der Waals surface area contributed by atoms with Crippen molar-refractivity contribution in [3.63, 3.8) is 0 Å². The van der Waals surface area contributed by atoms with E-state index in [1.165, 1.54) is 0 Å². The van der Waals surface area contributed by atoms with Gasteiger partial charge in [-0.1, -0.05) is 24.3 Å². The predicted octanol–water partition coefficient (Wildman–Crippen LogP) is 1.97. The second kappa shape index (κ2) is 3.51. The van der Waals surface area contributed by atoms with E-state index in [-0.39, 0.29) is 0 Å². The molecule has 1 aromatic carbocycles. The van der Waals surface area contributed by atoms with E-state index in [0.717, 1.165) is 11.1 Å². The number of H-pyrrole nitrogens is 1. The highest BCUT2D eigenvalue weighted by Gasteiger charge is 2.29. The smallest absolute Gasteiger partial charge is 0.144 e. The summed E-state index contributed by atoms with van der Waals surface area (Å²) in [5.41, 5.74) is 0.869. The second-order valence-corrected chi connectivity index (χ2v) is 3.82.